The second kappa shape index (κ2) is 5.03. The van der Waals surface area contributed by atoms with Crippen molar-refractivity contribution >= 4 is 0 Å². The number of nitrogens with two attached hydrogens (primary N) is 1. The molecule has 3 heterocycles. The highest BCUT2D eigenvalue weighted by Gasteiger charge is 2.30. The summed E-state index contributed by atoms with van der Waals surface area (Å²) in [5.74, 6) is 1.94. The predicted molar refractivity (Wildman–Crippen MR) is 71.2 cm³/mol. The van der Waals surface area contributed by atoms with Crippen LogP contribution in [0.2, 0.25) is 0 Å². The SMILES string of the molecule is Cc1oc(CN)cc1CN1CCN2CCCC2C1. The third-order valence-electron chi connectivity index (χ3n) is 4.34. The molecule has 0 amide bonds. The Kier molecular flexibility index (Phi) is 3.41. The molecular formula is C14H23N3O. The zero-order valence-corrected chi connectivity index (χ0v) is 11.2. The summed E-state index contributed by atoms with van der Waals surface area (Å²) < 4.78 is 5.63. The molecule has 0 bridgehead atoms. The van der Waals surface area contributed by atoms with E-state index in [9.17, 15) is 0 Å². The summed E-state index contributed by atoms with van der Waals surface area (Å²) in [6, 6.07) is 2.91. The number of hydrogen-bond donors (Lipinski definition) is 1. The lowest BCUT2D eigenvalue weighted by molar-refractivity contribution is 0.0990. The molecule has 4 nitrogen and oxygen atoms in total. The van der Waals surface area contributed by atoms with Crippen LogP contribution in [0.5, 0.6) is 0 Å². The summed E-state index contributed by atoms with van der Waals surface area (Å²) in [5, 5.41) is 0. The number of aryl methyl sites for hydroxylation is 1. The minimum Gasteiger partial charge on any atom is -0.465 e. The van der Waals surface area contributed by atoms with Gasteiger partial charge in [-0.05, 0) is 32.4 Å². The van der Waals surface area contributed by atoms with Crippen LogP contribution >= 0.6 is 0 Å². The Morgan fingerprint density at radius 2 is 2.28 bits per heavy atom. The van der Waals surface area contributed by atoms with E-state index in [1.165, 1.54) is 44.6 Å². The molecule has 2 fully saturated rings. The zero-order valence-electron chi connectivity index (χ0n) is 11.2. The number of furan rings is 1. The van der Waals surface area contributed by atoms with E-state index >= 15 is 0 Å². The van der Waals surface area contributed by atoms with Crippen LogP contribution < -0.4 is 5.73 Å². The molecular weight excluding hydrogens is 226 g/mol. The fourth-order valence-electron chi connectivity index (χ4n) is 3.29. The fraction of sp³-hybridized carbons (Fsp3) is 0.714. The highest BCUT2D eigenvalue weighted by atomic mass is 16.3. The number of piperazine rings is 1. The van der Waals surface area contributed by atoms with E-state index < -0.39 is 0 Å². The van der Waals surface area contributed by atoms with Gasteiger partial charge in [-0.2, -0.15) is 0 Å². The van der Waals surface area contributed by atoms with Gasteiger partial charge in [-0.3, -0.25) is 9.80 Å². The lowest BCUT2D eigenvalue weighted by atomic mass is 10.1. The number of hydrogen-bond acceptors (Lipinski definition) is 4. The van der Waals surface area contributed by atoms with Crippen molar-refractivity contribution in [2.24, 2.45) is 5.73 Å². The normalized spacial score (nSPS) is 25.6. The van der Waals surface area contributed by atoms with Crippen LogP contribution in [0.4, 0.5) is 0 Å². The van der Waals surface area contributed by atoms with Crippen molar-refractivity contribution in [2.45, 2.75) is 38.9 Å². The molecule has 1 unspecified atom stereocenters. The van der Waals surface area contributed by atoms with E-state index in [1.54, 1.807) is 0 Å². The molecule has 1 aromatic heterocycles. The molecule has 2 N–H and O–H groups in total. The molecule has 0 aliphatic carbocycles. The predicted octanol–water partition coefficient (Wildman–Crippen LogP) is 1.33. The van der Waals surface area contributed by atoms with Gasteiger partial charge in [0.2, 0.25) is 0 Å². The third-order valence-corrected chi connectivity index (χ3v) is 4.34. The van der Waals surface area contributed by atoms with Gasteiger partial charge in [0.15, 0.2) is 0 Å². The Hall–Kier alpha value is -0.840. The molecule has 2 aliphatic rings. The van der Waals surface area contributed by atoms with Gasteiger partial charge in [-0.1, -0.05) is 0 Å². The summed E-state index contributed by atoms with van der Waals surface area (Å²) in [6.07, 6.45) is 2.75. The molecule has 1 atom stereocenters. The summed E-state index contributed by atoms with van der Waals surface area (Å²) in [6.45, 7) is 8.48. The van der Waals surface area contributed by atoms with Crippen LogP contribution in [0.15, 0.2) is 10.5 Å². The van der Waals surface area contributed by atoms with Crippen molar-refractivity contribution in [1.29, 1.82) is 0 Å². The monoisotopic (exact) mass is 249 g/mol. The molecule has 0 aromatic carbocycles. The molecule has 4 heteroatoms. The van der Waals surface area contributed by atoms with Gasteiger partial charge < -0.3 is 10.2 Å². The van der Waals surface area contributed by atoms with Crippen LogP contribution in [0.25, 0.3) is 0 Å². The number of nitrogens with zero attached hydrogens (tertiary/aromatic N) is 2. The van der Waals surface area contributed by atoms with Crippen molar-refractivity contribution in [2.75, 3.05) is 26.2 Å². The van der Waals surface area contributed by atoms with E-state index in [2.05, 4.69) is 15.9 Å². The molecule has 18 heavy (non-hydrogen) atoms. The maximum Gasteiger partial charge on any atom is 0.118 e. The topological polar surface area (TPSA) is 45.6 Å². The molecule has 2 aliphatic heterocycles. The smallest absolute Gasteiger partial charge is 0.118 e. The van der Waals surface area contributed by atoms with Crippen molar-refractivity contribution in [1.82, 2.24) is 9.80 Å². The van der Waals surface area contributed by atoms with Gasteiger partial charge >= 0.3 is 0 Å². The van der Waals surface area contributed by atoms with Crippen LogP contribution in [-0.2, 0) is 13.1 Å². The van der Waals surface area contributed by atoms with Gasteiger partial charge in [0.25, 0.3) is 0 Å². The summed E-state index contributed by atoms with van der Waals surface area (Å²) in [7, 11) is 0. The lowest BCUT2D eigenvalue weighted by Crippen LogP contribution is -2.49. The summed E-state index contributed by atoms with van der Waals surface area (Å²) in [4.78, 5) is 5.20. The minimum absolute atomic E-state index is 0.497. The van der Waals surface area contributed by atoms with E-state index in [-0.39, 0.29) is 0 Å². The van der Waals surface area contributed by atoms with Crippen molar-refractivity contribution in [3.05, 3.63) is 23.2 Å². The maximum absolute atomic E-state index is 5.63. The highest BCUT2D eigenvalue weighted by molar-refractivity contribution is 5.20. The summed E-state index contributed by atoms with van der Waals surface area (Å²) >= 11 is 0. The van der Waals surface area contributed by atoms with Gasteiger partial charge in [-0.25, -0.2) is 0 Å². The molecule has 2 saturated heterocycles. The largest absolute Gasteiger partial charge is 0.465 e. The van der Waals surface area contributed by atoms with Crippen LogP contribution in [0, 0.1) is 6.92 Å². The zero-order chi connectivity index (χ0) is 12.5. The second-order valence-electron chi connectivity index (χ2n) is 5.57. The molecule has 3 rings (SSSR count). The van der Waals surface area contributed by atoms with E-state index in [1.807, 2.05) is 6.92 Å². The lowest BCUT2D eigenvalue weighted by Gasteiger charge is -2.37. The second-order valence-corrected chi connectivity index (χ2v) is 5.57. The van der Waals surface area contributed by atoms with Gasteiger partial charge in [0.1, 0.15) is 11.5 Å². The van der Waals surface area contributed by atoms with Crippen LogP contribution in [0.3, 0.4) is 0 Å². The Labute approximate surface area is 109 Å². The molecule has 100 valence electrons. The third kappa shape index (κ3) is 2.32. The average molecular weight is 249 g/mol. The Bertz CT molecular complexity index is 415. The highest BCUT2D eigenvalue weighted by Crippen LogP contribution is 2.24. The Morgan fingerprint density at radius 1 is 1.39 bits per heavy atom. The standard InChI is InChI=1S/C14H23N3O/c1-11-12(7-14(8-15)18-11)9-16-5-6-17-4-2-3-13(17)10-16/h7,13H,2-6,8-10,15H2,1H3. The summed E-state index contributed by atoms with van der Waals surface area (Å²) in [5.41, 5.74) is 6.93. The first kappa shape index (κ1) is 12.2. The number of rotatable bonds is 3. The fourth-order valence-corrected chi connectivity index (χ4v) is 3.29. The first-order valence-electron chi connectivity index (χ1n) is 7.01. The quantitative estimate of drug-likeness (QED) is 0.878. The number of fused-ring (bicyclic) bond motifs is 1. The molecule has 0 spiro atoms. The molecule has 1 aromatic rings. The molecule has 0 radical (unpaired) electrons. The van der Waals surface area contributed by atoms with Gasteiger partial charge in [0.05, 0.1) is 6.54 Å². The van der Waals surface area contributed by atoms with E-state index in [0.29, 0.717) is 6.54 Å². The van der Waals surface area contributed by atoms with Crippen molar-refractivity contribution in [3.63, 3.8) is 0 Å². The molecule has 0 saturated carbocycles. The first-order valence-corrected chi connectivity index (χ1v) is 7.01. The maximum atomic E-state index is 5.63. The van der Waals surface area contributed by atoms with Crippen molar-refractivity contribution in [3.8, 4) is 0 Å². The van der Waals surface area contributed by atoms with E-state index in [4.69, 9.17) is 10.2 Å². The van der Waals surface area contributed by atoms with Crippen LogP contribution in [0.1, 0.15) is 29.9 Å². The van der Waals surface area contributed by atoms with Crippen molar-refractivity contribution < 1.29 is 4.42 Å². The Balaban J connectivity index is 1.63. The first-order chi connectivity index (χ1) is 8.76. The Morgan fingerprint density at radius 3 is 3.06 bits per heavy atom. The van der Waals surface area contributed by atoms with Gasteiger partial charge in [0, 0.05) is 37.8 Å². The van der Waals surface area contributed by atoms with E-state index in [0.717, 1.165) is 24.1 Å². The minimum atomic E-state index is 0.497. The van der Waals surface area contributed by atoms with Crippen LogP contribution in [-0.4, -0.2) is 42.0 Å². The average Bonchev–Trinajstić information content (AvgIpc) is 2.96. The van der Waals surface area contributed by atoms with Gasteiger partial charge in [-0.15, -0.1) is 0 Å².